The van der Waals surface area contributed by atoms with Crippen molar-refractivity contribution in [1.29, 1.82) is 0 Å². The first-order valence-corrected chi connectivity index (χ1v) is 3.71. The number of carboxylic acids is 2. The minimum absolute atomic E-state index is 0. The first kappa shape index (κ1) is 16.0. The Morgan fingerprint density at radius 1 is 1.13 bits per heavy atom. The average molecular weight is 260 g/mol. The number of rotatable bonds is 2. The van der Waals surface area contributed by atoms with E-state index in [-0.39, 0.29) is 19.5 Å². The molecule has 0 saturated heterocycles. The molecule has 2 N–H and O–H groups in total. The zero-order valence-electron chi connectivity index (χ0n) is 8.09. The number of carbonyl (C=O) groups is 2. The fourth-order valence-electron chi connectivity index (χ4n) is 0.581. The Morgan fingerprint density at radius 3 is 1.73 bits per heavy atom. The molecular formula is C10H10O4Zn. The molecule has 4 nitrogen and oxygen atoms in total. The van der Waals surface area contributed by atoms with Crippen LogP contribution >= 0.6 is 0 Å². The summed E-state index contributed by atoms with van der Waals surface area (Å²) in [6.07, 6.45) is 0.833. The van der Waals surface area contributed by atoms with Crippen molar-refractivity contribution in [1.82, 2.24) is 0 Å². The summed E-state index contributed by atoms with van der Waals surface area (Å²) in [7, 11) is 0. The Balaban J connectivity index is 0. The molecule has 0 unspecified atom stereocenters. The van der Waals surface area contributed by atoms with Crippen LogP contribution in [0.1, 0.15) is 10.4 Å². The molecule has 0 heterocycles. The third-order valence-corrected chi connectivity index (χ3v) is 1.20. The van der Waals surface area contributed by atoms with Crippen molar-refractivity contribution in [3.8, 4) is 0 Å². The van der Waals surface area contributed by atoms with Gasteiger partial charge in [-0.1, -0.05) is 24.8 Å². The van der Waals surface area contributed by atoms with Gasteiger partial charge in [-0.25, -0.2) is 9.59 Å². The van der Waals surface area contributed by atoms with E-state index in [1.165, 1.54) is 0 Å². The van der Waals surface area contributed by atoms with E-state index in [0.29, 0.717) is 5.56 Å². The van der Waals surface area contributed by atoms with E-state index in [1.54, 1.807) is 30.3 Å². The normalized spacial score (nSPS) is 7.47. The molecule has 0 atom stereocenters. The van der Waals surface area contributed by atoms with Crippen LogP contribution in [0.3, 0.4) is 0 Å². The van der Waals surface area contributed by atoms with Crippen LogP contribution < -0.4 is 0 Å². The van der Waals surface area contributed by atoms with E-state index in [1.807, 2.05) is 0 Å². The number of hydrogen-bond donors (Lipinski definition) is 2. The van der Waals surface area contributed by atoms with E-state index >= 15 is 0 Å². The monoisotopic (exact) mass is 258 g/mol. The Hall–Kier alpha value is -1.48. The van der Waals surface area contributed by atoms with Crippen LogP contribution in [-0.2, 0) is 24.3 Å². The maximum atomic E-state index is 10.2. The van der Waals surface area contributed by atoms with Gasteiger partial charge in [-0.15, -0.1) is 0 Å². The second kappa shape index (κ2) is 9.09. The van der Waals surface area contributed by atoms with E-state index in [2.05, 4.69) is 6.58 Å². The topological polar surface area (TPSA) is 74.6 Å². The van der Waals surface area contributed by atoms with E-state index in [9.17, 15) is 9.59 Å². The first-order chi connectivity index (χ1) is 6.57. The molecule has 0 spiro atoms. The van der Waals surface area contributed by atoms with Gasteiger partial charge in [0, 0.05) is 25.6 Å². The Labute approximate surface area is 100 Å². The van der Waals surface area contributed by atoms with Crippen molar-refractivity contribution in [2.75, 3.05) is 0 Å². The van der Waals surface area contributed by atoms with Crippen molar-refractivity contribution in [3.63, 3.8) is 0 Å². The van der Waals surface area contributed by atoms with Crippen LogP contribution in [0.2, 0.25) is 0 Å². The van der Waals surface area contributed by atoms with Gasteiger partial charge in [-0.05, 0) is 12.1 Å². The molecular weight excluding hydrogens is 249 g/mol. The van der Waals surface area contributed by atoms with Gasteiger partial charge in [0.25, 0.3) is 0 Å². The molecule has 0 bridgehead atoms. The predicted molar refractivity (Wildman–Crippen MR) is 51.2 cm³/mol. The number of aliphatic carboxylic acids is 1. The van der Waals surface area contributed by atoms with E-state index in [4.69, 9.17) is 10.2 Å². The molecule has 1 rings (SSSR count). The van der Waals surface area contributed by atoms with Crippen LogP contribution in [0.5, 0.6) is 0 Å². The second-order valence-electron chi connectivity index (χ2n) is 2.21. The summed E-state index contributed by atoms with van der Waals surface area (Å²) in [6.45, 7) is 2.96. The third-order valence-electron chi connectivity index (χ3n) is 1.20. The molecule has 0 aliphatic rings. The third kappa shape index (κ3) is 8.84. The predicted octanol–water partition coefficient (Wildman–Crippen LogP) is 1.64. The molecule has 0 aliphatic carbocycles. The summed E-state index contributed by atoms with van der Waals surface area (Å²) >= 11 is 0. The number of carboxylic acid groups (broad SMARTS) is 2. The SMILES string of the molecule is C=CC(=O)O.O=C(O)c1ccccc1.[Zn]. The summed E-state index contributed by atoms with van der Waals surface area (Å²) in [5.41, 5.74) is 0.331. The molecule has 0 aliphatic heterocycles. The largest absolute Gasteiger partial charge is 0.478 e. The molecule has 0 saturated carbocycles. The summed E-state index contributed by atoms with van der Waals surface area (Å²) in [6, 6.07) is 8.30. The Morgan fingerprint density at radius 2 is 1.53 bits per heavy atom. The molecule has 15 heavy (non-hydrogen) atoms. The fraction of sp³-hybridized carbons (Fsp3) is 0. The smallest absolute Gasteiger partial charge is 0.335 e. The summed E-state index contributed by atoms with van der Waals surface area (Å²) in [5.74, 6) is -1.86. The average Bonchev–Trinajstić information content (AvgIpc) is 2.20. The Bertz CT molecular complexity index is 321. The van der Waals surface area contributed by atoms with Gasteiger partial charge < -0.3 is 10.2 Å². The molecule has 0 amide bonds. The molecule has 5 heteroatoms. The standard InChI is InChI=1S/C7H6O2.C3H4O2.Zn/c8-7(9)6-4-2-1-3-5-6;1-2-3(4)5;/h1-5H,(H,8,9);2H,1H2,(H,4,5);. The minimum Gasteiger partial charge on any atom is -0.478 e. The second-order valence-corrected chi connectivity index (χ2v) is 2.21. The van der Waals surface area contributed by atoms with E-state index in [0.717, 1.165) is 6.08 Å². The van der Waals surface area contributed by atoms with Gasteiger partial charge in [0.2, 0.25) is 0 Å². The summed E-state index contributed by atoms with van der Waals surface area (Å²) in [4.78, 5) is 19.5. The molecule has 0 fully saturated rings. The van der Waals surface area contributed by atoms with Crippen LogP contribution in [0.4, 0.5) is 0 Å². The zero-order chi connectivity index (χ0) is 11.0. The molecule has 0 aromatic heterocycles. The van der Waals surface area contributed by atoms with Gasteiger partial charge in [-0.3, -0.25) is 0 Å². The van der Waals surface area contributed by atoms with Crippen molar-refractivity contribution < 1.29 is 39.3 Å². The zero-order valence-corrected chi connectivity index (χ0v) is 11.1. The molecule has 0 radical (unpaired) electrons. The number of hydrogen-bond acceptors (Lipinski definition) is 2. The van der Waals surface area contributed by atoms with Crippen LogP contribution in [-0.4, -0.2) is 22.2 Å². The molecule has 1 aromatic carbocycles. The molecule has 76 valence electrons. The van der Waals surface area contributed by atoms with E-state index < -0.39 is 11.9 Å². The van der Waals surface area contributed by atoms with Crippen molar-refractivity contribution in [3.05, 3.63) is 48.6 Å². The van der Waals surface area contributed by atoms with Crippen molar-refractivity contribution in [2.45, 2.75) is 0 Å². The van der Waals surface area contributed by atoms with Gasteiger partial charge in [0.1, 0.15) is 0 Å². The maximum Gasteiger partial charge on any atom is 0.335 e. The number of benzene rings is 1. The summed E-state index contributed by atoms with van der Waals surface area (Å²) in [5, 5.41) is 16.0. The van der Waals surface area contributed by atoms with Crippen molar-refractivity contribution >= 4 is 11.9 Å². The number of aromatic carboxylic acids is 1. The molecule has 1 aromatic rings. The van der Waals surface area contributed by atoms with Crippen LogP contribution in [0.25, 0.3) is 0 Å². The van der Waals surface area contributed by atoms with Crippen LogP contribution in [0.15, 0.2) is 43.0 Å². The van der Waals surface area contributed by atoms with Gasteiger partial charge in [0.05, 0.1) is 5.56 Å². The first-order valence-electron chi connectivity index (χ1n) is 3.71. The Kier molecular flexibility index (Phi) is 9.68. The maximum absolute atomic E-state index is 10.2. The van der Waals surface area contributed by atoms with Crippen molar-refractivity contribution in [2.24, 2.45) is 0 Å². The minimum atomic E-state index is -0.981. The quantitative estimate of drug-likeness (QED) is 0.625. The van der Waals surface area contributed by atoms with Gasteiger partial charge in [-0.2, -0.15) is 0 Å². The van der Waals surface area contributed by atoms with Gasteiger partial charge in [0.15, 0.2) is 0 Å². The van der Waals surface area contributed by atoms with Crippen LogP contribution in [0, 0.1) is 0 Å². The fourth-order valence-corrected chi connectivity index (χ4v) is 0.581. The van der Waals surface area contributed by atoms with Gasteiger partial charge >= 0.3 is 11.9 Å². The summed E-state index contributed by atoms with van der Waals surface area (Å²) < 4.78 is 0.